The van der Waals surface area contributed by atoms with E-state index in [0.29, 0.717) is 6.54 Å². The highest BCUT2D eigenvalue weighted by atomic mass is 31.0. The predicted octanol–water partition coefficient (Wildman–Crippen LogP) is 0.877. The molecule has 0 saturated carbocycles. The Balaban J connectivity index is 3.44. The first-order chi connectivity index (χ1) is 4.22. The van der Waals surface area contributed by atoms with Gasteiger partial charge in [0.1, 0.15) is 0 Å². The summed E-state index contributed by atoms with van der Waals surface area (Å²) in [6.07, 6.45) is 0. The van der Waals surface area contributed by atoms with Crippen molar-refractivity contribution in [2.24, 2.45) is 5.10 Å². The molecule has 0 aromatic carbocycles. The summed E-state index contributed by atoms with van der Waals surface area (Å²) in [5, 5.41) is 12.8. The summed E-state index contributed by atoms with van der Waals surface area (Å²) in [6.45, 7) is 5.26. The first kappa shape index (κ1) is 8.78. The van der Waals surface area contributed by atoms with Gasteiger partial charge in [0.2, 0.25) is 0 Å². The number of hydroxylamine groups is 1. The van der Waals surface area contributed by atoms with Gasteiger partial charge in [0, 0.05) is 6.54 Å². The van der Waals surface area contributed by atoms with E-state index in [-0.39, 0.29) is 0 Å². The first-order valence-corrected chi connectivity index (χ1v) is 2.81. The van der Waals surface area contributed by atoms with E-state index < -0.39 is 0 Å². The highest BCUT2D eigenvalue weighted by Crippen LogP contribution is 2.07. The van der Waals surface area contributed by atoms with Gasteiger partial charge in [-0.3, -0.25) is 0 Å². The van der Waals surface area contributed by atoms with Crippen LogP contribution in [-0.4, -0.2) is 28.5 Å². The third-order valence-corrected chi connectivity index (χ3v) is 0.970. The molecule has 0 aliphatic heterocycles. The van der Waals surface area contributed by atoms with Gasteiger partial charge in [0.05, 0.1) is 0 Å². The lowest BCUT2D eigenvalue weighted by atomic mass is 10.8. The van der Waals surface area contributed by atoms with Crippen molar-refractivity contribution in [2.45, 2.75) is 6.92 Å². The molecule has 0 aliphatic carbocycles. The molecule has 6 heteroatoms. The minimum atomic E-state index is 0.419. The fraction of sp³-hybridized carbons (Fsp3) is 0.667. The lowest BCUT2D eigenvalue weighted by Gasteiger charge is -2.44. The van der Waals surface area contributed by atoms with E-state index in [2.05, 4.69) is 26.7 Å². The molecule has 0 atom stereocenters. The van der Waals surface area contributed by atoms with Crippen LogP contribution in [0.4, 0.5) is 0 Å². The molecule has 0 rings (SSSR count). The third-order valence-electron chi connectivity index (χ3n) is 0.649. The Morgan fingerprint density at radius 3 is 2.78 bits per heavy atom. The number of hydrogen-bond donors (Lipinski definition) is 1. The molecular formula is C3H9N4OP-2. The third kappa shape index (κ3) is 3.37. The van der Waals surface area contributed by atoms with E-state index in [1.165, 1.54) is 0 Å². The van der Waals surface area contributed by atoms with Crippen LogP contribution in [0.3, 0.4) is 0 Å². The second-order valence-electron chi connectivity index (χ2n) is 1.21. The zero-order chi connectivity index (χ0) is 7.28. The zero-order valence-electron chi connectivity index (χ0n) is 5.15. The summed E-state index contributed by atoms with van der Waals surface area (Å²) in [7, 11) is 2.92. The number of hydrazine groups is 1. The van der Waals surface area contributed by atoms with Gasteiger partial charge in [0.25, 0.3) is 0 Å². The smallest absolute Gasteiger partial charge is 0.0333 e. The maximum absolute atomic E-state index is 8.79. The van der Waals surface area contributed by atoms with Crippen molar-refractivity contribution in [3.63, 3.8) is 0 Å². The minimum Gasteiger partial charge on any atom is -0.552 e. The number of nitrogens with zero attached hydrogens (tertiary/aromatic N) is 4. The SMILES string of the molecule is C=N[N-]N([PH-])N(O)CC. The minimum absolute atomic E-state index is 0.419. The molecule has 0 fully saturated rings. The summed E-state index contributed by atoms with van der Waals surface area (Å²) >= 11 is 0. The molecule has 9 heavy (non-hydrogen) atoms. The molecule has 54 valence electrons. The van der Waals surface area contributed by atoms with Crippen LogP contribution >= 0.6 is 9.39 Å². The molecule has 0 bridgehead atoms. The Morgan fingerprint density at radius 1 is 1.89 bits per heavy atom. The zero-order valence-corrected chi connectivity index (χ0v) is 6.15. The fourth-order valence-corrected chi connectivity index (χ4v) is 0.445. The summed E-state index contributed by atoms with van der Waals surface area (Å²) in [5.41, 5.74) is 3.33. The topological polar surface area (TPSA) is 53.2 Å². The van der Waals surface area contributed by atoms with E-state index in [1.54, 1.807) is 6.92 Å². The second-order valence-corrected chi connectivity index (χ2v) is 1.61. The van der Waals surface area contributed by atoms with Crippen molar-refractivity contribution in [1.29, 1.82) is 0 Å². The van der Waals surface area contributed by atoms with Crippen LogP contribution in [0.15, 0.2) is 5.10 Å². The summed E-state index contributed by atoms with van der Waals surface area (Å²) in [6, 6.07) is 0. The summed E-state index contributed by atoms with van der Waals surface area (Å²) in [4.78, 5) is 0.993. The van der Waals surface area contributed by atoms with Gasteiger partial charge in [-0.1, -0.05) is 0 Å². The monoisotopic (exact) mass is 148 g/mol. The van der Waals surface area contributed by atoms with Crippen molar-refractivity contribution in [3.05, 3.63) is 5.53 Å². The summed E-state index contributed by atoms with van der Waals surface area (Å²) < 4.78 is 0. The van der Waals surface area contributed by atoms with E-state index in [9.17, 15) is 0 Å². The Morgan fingerprint density at radius 2 is 2.44 bits per heavy atom. The number of rotatable bonds is 4. The van der Waals surface area contributed by atoms with Crippen molar-refractivity contribution < 1.29 is 5.21 Å². The molecule has 0 unspecified atom stereocenters. The lowest BCUT2D eigenvalue weighted by molar-refractivity contribution is -0.182. The molecule has 0 saturated heterocycles. The van der Waals surface area contributed by atoms with Crippen LogP contribution in [-0.2, 0) is 0 Å². The van der Waals surface area contributed by atoms with Gasteiger partial charge in [-0.05, 0) is 13.6 Å². The molecular weight excluding hydrogens is 139 g/mol. The van der Waals surface area contributed by atoms with Crippen LogP contribution in [0.5, 0.6) is 0 Å². The van der Waals surface area contributed by atoms with Crippen LogP contribution in [0, 0.1) is 0 Å². The van der Waals surface area contributed by atoms with Crippen LogP contribution in [0.1, 0.15) is 6.92 Å². The number of hydrogen-bond acceptors (Lipinski definition) is 4. The van der Waals surface area contributed by atoms with E-state index in [0.717, 1.165) is 10.1 Å². The summed E-state index contributed by atoms with van der Waals surface area (Å²) in [5.74, 6) is 0. The van der Waals surface area contributed by atoms with Crippen molar-refractivity contribution in [3.8, 4) is 0 Å². The van der Waals surface area contributed by atoms with Gasteiger partial charge in [-0.15, -0.1) is 0 Å². The van der Waals surface area contributed by atoms with Crippen molar-refractivity contribution >= 4 is 16.1 Å². The highest BCUT2D eigenvalue weighted by molar-refractivity contribution is 7.13. The van der Waals surface area contributed by atoms with Gasteiger partial charge < -0.3 is 30.1 Å². The lowest BCUT2D eigenvalue weighted by Crippen LogP contribution is -2.28. The first-order valence-electron chi connectivity index (χ1n) is 2.36. The Kier molecular flexibility index (Phi) is 4.53. The molecule has 0 spiro atoms. The molecule has 0 radical (unpaired) electrons. The quantitative estimate of drug-likeness (QED) is 0.365. The van der Waals surface area contributed by atoms with Gasteiger partial charge in [-0.2, -0.15) is 5.17 Å². The molecule has 0 aromatic heterocycles. The standard InChI is InChI=1S/C3H9N4OP/c1-3-6(8)7(9)5-4-2/h8-9H,2-3H2,1H3/q-2. The Labute approximate surface area is 56.5 Å². The average Bonchev–Trinajstić information content (AvgIpc) is 1.87. The van der Waals surface area contributed by atoms with Crippen molar-refractivity contribution in [2.75, 3.05) is 6.54 Å². The predicted molar refractivity (Wildman–Crippen MR) is 37.2 cm³/mol. The maximum atomic E-state index is 8.79. The van der Waals surface area contributed by atoms with E-state index >= 15 is 0 Å². The highest BCUT2D eigenvalue weighted by Gasteiger charge is 1.84. The average molecular weight is 148 g/mol. The van der Waals surface area contributed by atoms with E-state index in [4.69, 9.17) is 5.21 Å². The molecule has 5 nitrogen and oxygen atoms in total. The largest absolute Gasteiger partial charge is 0.552 e. The van der Waals surface area contributed by atoms with E-state index in [1.807, 2.05) is 0 Å². The molecule has 0 amide bonds. The molecule has 0 heterocycles. The van der Waals surface area contributed by atoms with Gasteiger partial charge in [0.15, 0.2) is 0 Å². The Hall–Kier alpha value is -0.220. The van der Waals surface area contributed by atoms with Crippen LogP contribution in [0.25, 0.3) is 5.53 Å². The normalized spacial score (nSPS) is 10.3. The molecule has 0 aromatic rings. The van der Waals surface area contributed by atoms with Gasteiger partial charge in [-0.25, -0.2) is 0 Å². The van der Waals surface area contributed by atoms with Crippen molar-refractivity contribution in [1.82, 2.24) is 10.1 Å². The van der Waals surface area contributed by atoms with Gasteiger partial charge >= 0.3 is 0 Å². The molecule has 0 aliphatic rings. The Bertz CT molecular complexity index is 89.9. The molecule has 1 N–H and O–H groups in total. The second kappa shape index (κ2) is 4.64. The van der Waals surface area contributed by atoms with Crippen LogP contribution < -0.4 is 0 Å². The maximum Gasteiger partial charge on any atom is 0.0333 e. The van der Waals surface area contributed by atoms with Crippen LogP contribution in [0.2, 0.25) is 0 Å². The fourth-order valence-electron chi connectivity index (χ4n) is 0.240.